The molecule has 330 valence electrons. The Morgan fingerprint density at radius 1 is 0.724 bits per heavy atom. The first-order valence-electron chi connectivity index (χ1n) is 22.5. The second-order valence-corrected chi connectivity index (χ2v) is 45.8. The number of benzene rings is 1. The van der Waals surface area contributed by atoms with E-state index in [0.717, 1.165) is 51.4 Å². The fourth-order valence-corrected chi connectivity index (χ4v) is 40.0. The molecule has 1 aromatic carbocycles. The summed E-state index contributed by atoms with van der Waals surface area (Å²) in [6.07, 6.45) is 18.6. The van der Waals surface area contributed by atoms with Crippen LogP contribution in [-0.4, -0.2) is 55.9 Å². The van der Waals surface area contributed by atoms with Crippen molar-refractivity contribution in [3.8, 4) is 12.3 Å². The van der Waals surface area contributed by atoms with Crippen molar-refractivity contribution in [3.05, 3.63) is 83.2 Å². The Bertz CT molecular complexity index is 1430. The zero-order chi connectivity index (χ0) is 44.7. The van der Waals surface area contributed by atoms with Crippen molar-refractivity contribution in [1.82, 2.24) is 0 Å². The van der Waals surface area contributed by atoms with Crippen LogP contribution in [0.4, 0.5) is 0 Å². The highest BCUT2D eigenvalue weighted by molar-refractivity contribution is 14.2. The molecular formula is C49H90IO2PSi5. The van der Waals surface area contributed by atoms with Gasteiger partial charge >= 0.3 is 0 Å². The molecule has 0 bridgehead atoms. The summed E-state index contributed by atoms with van der Waals surface area (Å²) in [6.45, 7) is 43.2. The van der Waals surface area contributed by atoms with Gasteiger partial charge in [-0.2, -0.15) is 0 Å². The zero-order valence-corrected chi connectivity index (χ0v) is 49.8. The summed E-state index contributed by atoms with van der Waals surface area (Å²) in [5.74, 6) is 7.08. The van der Waals surface area contributed by atoms with Crippen molar-refractivity contribution in [1.29, 1.82) is 0 Å². The van der Waals surface area contributed by atoms with Gasteiger partial charge < -0.3 is 9.22 Å². The number of hydrogen-bond acceptors (Lipinski definition) is 2. The second kappa shape index (κ2) is 24.1. The minimum absolute atomic E-state index is 0.0539. The minimum Gasteiger partial charge on any atom is -0.449 e. The van der Waals surface area contributed by atoms with E-state index in [2.05, 4.69) is 197 Å². The van der Waals surface area contributed by atoms with E-state index in [1.54, 1.807) is 0 Å². The Balaban J connectivity index is 0.000000481. The van der Waals surface area contributed by atoms with Gasteiger partial charge in [-0.1, -0.05) is 159 Å². The lowest BCUT2D eigenvalue weighted by Gasteiger charge is -2.39. The first-order chi connectivity index (χ1) is 26.4. The van der Waals surface area contributed by atoms with Crippen molar-refractivity contribution in [2.75, 3.05) is 0 Å². The lowest BCUT2D eigenvalue weighted by atomic mass is 9.66. The van der Waals surface area contributed by atoms with Gasteiger partial charge in [-0.05, 0) is 143 Å². The van der Waals surface area contributed by atoms with E-state index >= 15 is 0 Å². The van der Waals surface area contributed by atoms with Crippen LogP contribution in [0.3, 0.4) is 0 Å². The summed E-state index contributed by atoms with van der Waals surface area (Å²) in [5.41, 5.74) is 14.5. The third kappa shape index (κ3) is 22.3. The highest BCUT2D eigenvalue weighted by Crippen LogP contribution is 2.50. The summed E-state index contributed by atoms with van der Waals surface area (Å²) in [5, 5.41) is 9.44. The third-order valence-corrected chi connectivity index (χ3v) is 33.3. The summed E-state index contributed by atoms with van der Waals surface area (Å²) < 4.78 is 6.23. The van der Waals surface area contributed by atoms with E-state index in [1.165, 1.54) is 23.1 Å². The van der Waals surface area contributed by atoms with E-state index in [1.807, 2.05) is 17.0 Å². The molecule has 0 unspecified atom stereocenters. The molecule has 0 amide bonds. The average Bonchev–Trinajstić information content (AvgIpc) is 3.09. The average molecular weight is 1010 g/mol. The van der Waals surface area contributed by atoms with Gasteiger partial charge in [-0.25, -0.2) is 0 Å². The fourth-order valence-electron chi connectivity index (χ4n) is 9.00. The molecule has 0 radical (unpaired) electrons. The maximum Gasteiger partial charge on any atom is 0.198 e. The van der Waals surface area contributed by atoms with Gasteiger partial charge in [-0.15, -0.1) is 19.6 Å². The molecule has 1 saturated carbocycles. The molecular weight excluding hydrogens is 919 g/mol. The van der Waals surface area contributed by atoms with Crippen molar-refractivity contribution in [2.24, 2.45) is 10.8 Å². The van der Waals surface area contributed by atoms with Gasteiger partial charge in [0.25, 0.3) is 0 Å². The summed E-state index contributed by atoms with van der Waals surface area (Å²) in [7, 11) is -1.12. The van der Waals surface area contributed by atoms with Crippen LogP contribution < -0.4 is 0 Å². The molecule has 0 spiro atoms. The summed E-state index contributed by atoms with van der Waals surface area (Å²) in [4.78, 5) is 0. The molecule has 3 aliphatic rings. The van der Waals surface area contributed by atoms with Crippen molar-refractivity contribution in [2.45, 2.75) is 199 Å². The van der Waals surface area contributed by atoms with Crippen LogP contribution in [0.2, 0.25) is 43.2 Å². The molecule has 0 aromatic heterocycles. The second-order valence-electron chi connectivity index (χ2n) is 22.6. The Kier molecular flexibility index (Phi) is 23.2. The largest absolute Gasteiger partial charge is 0.449 e. The van der Waals surface area contributed by atoms with Gasteiger partial charge in [0.1, 0.15) is 5.60 Å². The molecule has 58 heavy (non-hydrogen) atoms. The Labute approximate surface area is 384 Å². The highest BCUT2D eigenvalue weighted by atomic mass is 127. The number of aliphatic hydroxyl groups is 1. The number of hydrogen-bond donors (Lipinski definition) is 1. The summed E-state index contributed by atoms with van der Waals surface area (Å²) >= 11 is 2.51. The molecule has 9 heteroatoms. The van der Waals surface area contributed by atoms with Crippen LogP contribution in [-0.2, 0) is 20.4 Å². The molecule has 1 aliphatic carbocycles. The van der Waals surface area contributed by atoms with Crippen LogP contribution in [0.1, 0.15) is 151 Å². The molecule has 2 aliphatic heterocycles. The molecule has 1 N–H and O–H groups in total. The Hall–Kier alpha value is -0.0956. The van der Waals surface area contributed by atoms with Crippen LogP contribution in [0, 0.1) is 23.2 Å². The maximum atomic E-state index is 9.44. The molecule has 1 aromatic rings. The first kappa shape index (κ1) is 55.9. The van der Waals surface area contributed by atoms with Crippen LogP contribution in [0.15, 0.2) is 66.5 Å². The lowest BCUT2D eigenvalue weighted by molar-refractivity contribution is 0.0612. The predicted octanol–water partition coefficient (Wildman–Crippen LogP) is 13.8. The Morgan fingerprint density at radius 2 is 1.09 bits per heavy atom. The van der Waals surface area contributed by atoms with E-state index in [4.69, 9.17) is 10.5 Å². The van der Waals surface area contributed by atoms with Crippen LogP contribution in [0.5, 0.6) is 0 Å². The van der Waals surface area contributed by atoms with Gasteiger partial charge in [-0.3, -0.25) is 0 Å². The van der Waals surface area contributed by atoms with E-state index in [9.17, 15) is 5.11 Å². The number of allylic oxidation sites excluding steroid dienone is 2. The zero-order valence-electron chi connectivity index (χ0n) is 40.5. The smallest absolute Gasteiger partial charge is 0.198 e. The molecule has 0 atom stereocenters. The van der Waals surface area contributed by atoms with Crippen molar-refractivity contribution < 1.29 is 9.22 Å². The van der Waals surface area contributed by atoms with E-state index < -0.39 is 22.2 Å². The molecule has 2 nitrogen and oxygen atoms in total. The molecule has 2 fully saturated rings. The Morgan fingerprint density at radius 3 is 1.38 bits per heavy atom. The SMILES string of the molecule is C#CC1(O)CCCCC1.C1[SiH2]C[SiH2]C[SiH2]1.C=CCC(C)(C)CC(C)(C)c1cc(C(C)(C)C)cc(C(C)(C)CC(C)(C)CC=C)c1.C[Si]1(C)/C=C\P(I)/C=C\[Si](C)(C)O1. The van der Waals surface area contributed by atoms with Gasteiger partial charge in [0.05, 0.1) is 0 Å². The molecule has 2 heterocycles. The van der Waals surface area contributed by atoms with E-state index in [0.29, 0.717) is 28.6 Å². The minimum atomic E-state index is -1.51. The van der Waals surface area contributed by atoms with Crippen molar-refractivity contribution >= 4 is 72.8 Å². The van der Waals surface area contributed by atoms with E-state index in [-0.39, 0.29) is 32.6 Å². The lowest BCUT2D eigenvalue weighted by Crippen LogP contribution is -2.42. The van der Waals surface area contributed by atoms with Crippen LogP contribution in [0.25, 0.3) is 0 Å². The fraction of sp³-hybridized carbons (Fsp3) is 0.673. The quantitative estimate of drug-likeness (QED) is 0.0832. The van der Waals surface area contributed by atoms with Gasteiger partial charge in [0, 0.05) is 34.1 Å². The topological polar surface area (TPSA) is 29.5 Å². The molecule has 4 rings (SSSR count). The summed E-state index contributed by atoms with van der Waals surface area (Å²) in [6, 6.07) is 7.44. The highest BCUT2D eigenvalue weighted by Gasteiger charge is 2.35. The number of rotatable bonds is 10. The van der Waals surface area contributed by atoms with Crippen molar-refractivity contribution in [3.63, 3.8) is 0 Å². The standard InChI is InChI=1S/C30H50.C8H16IOPSi2.C8H12O.C3H12Si3/c1-14-16-27(6,7)21-29(10,11)24-18-23(26(3,4)5)19-25(20-24)30(12,13)22-28(8,9)17-15-2;1-12(2)7-5-11(9)6-8-13(3,4)10-12;1-2-8(9)6-4-3-5-7-8;1-4-2-6-3-5-1/h14-15,18-20H,1-2,16-17,21-22H2,3-13H3;5-8H,1-4H3;1,9H,3-7H2;1-6H2/b;7-5-,8-6-;;. The monoisotopic (exact) mass is 1010 g/mol. The number of halogens is 1. The first-order valence-corrected chi connectivity index (χ1v) is 38.8. The number of terminal acetylenes is 1. The van der Waals surface area contributed by atoms with Crippen LogP contribution >= 0.6 is 27.6 Å². The molecule has 1 saturated heterocycles. The predicted molar refractivity (Wildman–Crippen MR) is 290 cm³/mol. The normalized spacial score (nSPS) is 21.9. The van der Waals surface area contributed by atoms with Gasteiger partial charge in [0.15, 0.2) is 16.6 Å². The third-order valence-electron chi connectivity index (χ3n) is 11.8. The van der Waals surface area contributed by atoms with Gasteiger partial charge in [0.2, 0.25) is 0 Å². The maximum absolute atomic E-state index is 9.44.